The summed E-state index contributed by atoms with van der Waals surface area (Å²) in [7, 11) is 1.53. The minimum atomic E-state index is -0.526. The number of Topliss-reactive ketones (excluding diaryl/α,β-unsaturated/α-hetero) is 1. The second kappa shape index (κ2) is 5.01. The SMILES string of the molecule is COc1ccc2c(c1)C(=O)C(=O)N2Cc1cccc(C)n1. The number of carbonyl (C=O) groups excluding carboxylic acids is 2. The van der Waals surface area contributed by atoms with Crippen molar-refractivity contribution in [1.82, 2.24) is 4.98 Å². The fourth-order valence-corrected chi connectivity index (χ4v) is 2.41. The van der Waals surface area contributed by atoms with Crippen molar-refractivity contribution in [3.8, 4) is 5.75 Å². The topological polar surface area (TPSA) is 59.5 Å². The molecule has 1 aromatic carbocycles. The van der Waals surface area contributed by atoms with E-state index < -0.39 is 11.7 Å². The van der Waals surface area contributed by atoms with Gasteiger partial charge in [-0.25, -0.2) is 0 Å². The van der Waals surface area contributed by atoms with Crippen molar-refractivity contribution >= 4 is 17.4 Å². The number of nitrogens with zero attached hydrogens (tertiary/aromatic N) is 2. The highest BCUT2D eigenvalue weighted by atomic mass is 16.5. The number of hydrogen-bond donors (Lipinski definition) is 0. The minimum absolute atomic E-state index is 0.283. The molecule has 0 spiro atoms. The maximum atomic E-state index is 12.2. The van der Waals surface area contributed by atoms with Gasteiger partial charge in [0.2, 0.25) is 0 Å². The van der Waals surface area contributed by atoms with Gasteiger partial charge in [0.15, 0.2) is 0 Å². The summed E-state index contributed by atoms with van der Waals surface area (Å²) in [6.07, 6.45) is 0. The van der Waals surface area contributed by atoms with Gasteiger partial charge in [-0.3, -0.25) is 19.5 Å². The lowest BCUT2D eigenvalue weighted by Gasteiger charge is -2.16. The van der Waals surface area contributed by atoms with Gasteiger partial charge in [-0.2, -0.15) is 0 Å². The first kappa shape index (κ1) is 13.3. The quantitative estimate of drug-likeness (QED) is 0.809. The number of hydrogen-bond acceptors (Lipinski definition) is 4. The van der Waals surface area contributed by atoms with Crippen LogP contribution in [-0.4, -0.2) is 23.8 Å². The molecule has 0 bridgehead atoms. The van der Waals surface area contributed by atoms with Crippen LogP contribution in [0.1, 0.15) is 21.7 Å². The van der Waals surface area contributed by atoms with Crippen molar-refractivity contribution in [1.29, 1.82) is 0 Å². The lowest BCUT2D eigenvalue weighted by molar-refractivity contribution is -0.114. The van der Waals surface area contributed by atoms with Crippen LogP contribution >= 0.6 is 0 Å². The number of rotatable bonds is 3. The number of ketones is 1. The van der Waals surface area contributed by atoms with Gasteiger partial charge in [-0.05, 0) is 37.3 Å². The van der Waals surface area contributed by atoms with Crippen LogP contribution in [0.15, 0.2) is 36.4 Å². The Bertz CT molecular complexity index is 740. The van der Waals surface area contributed by atoms with Gasteiger partial charge < -0.3 is 4.74 Å². The third-order valence-electron chi connectivity index (χ3n) is 3.44. The maximum Gasteiger partial charge on any atom is 0.299 e. The molecule has 0 aliphatic carbocycles. The molecule has 1 aliphatic rings. The van der Waals surface area contributed by atoms with Gasteiger partial charge >= 0.3 is 0 Å². The largest absolute Gasteiger partial charge is 0.497 e. The summed E-state index contributed by atoms with van der Waals surface area (Å²) in [6.45, 7) is 2.17. The molecule has 0 radical (unpaired) electrons. The summed E-state index contributed by atoms with van der Waals surface area (Å²) in [5.74, 6) is -0.469. The molecule has 1 amide bonds. The predicted molar refractivity (Wildman–Crippen MR) is 77.5 cm³/mol. The Kier molecular flexibility index (Phi) is 3.17. The van der Waals surface area contributed by atoms with Crippen LogP contribution in [0.25, 0.3) is 0 Å². The average molecular weight is 282 g/mol. The molecule has 3 rings (SSSR count). The molecular weight excluding hydrogens is 268 g/mol. The first-order valence-corrected chi connectivity index (χ1v) is 6.57. The molecule has 1 aliphatic heterocycles. The van der Waals surface area contributed by atoms with E-state index in [0.717, 1.165) is 11.4 Å². The van der Waals surface area contributed by atoms with E-state index in [9.17, 15) is 9.59 Å². The van der Waals surface area contributed by atoms with E-state index >= 15 is 0 Å². The van der Waals surface area contributed by atoms with Gasteiger partial charge in [0.25, 0.3) is 11.7 Å². The van der Waals surface area contributed by atoms with E-state index in [2.05, 4.69) is 4.98 Å². The van der Waals surface area contributed by atoms with Gasteiger partial charge in [-0.1, -0.05) is 6.07 Å². The molecule has 0 saturated carbocycles. The van der Waals surface area contributed by atoms with Crippen molar-refractivity contribution < 1.29 is 14.3 Å². The number of methoxy groups -OCH3 is 1. The highest BCUT2D eigenvalue weighted by molar-refractivity contribution is 6.52. The van der Waals surface area contributed by atoms with E-state index in [1.165, 1.54) is 12.0 Å². The number of anilines is 1. The Labute approximate surface area is 122 Å². The molecule has 0 fully saturated rings. The summed E-state index contributed by atoms with van der Waals surface area (Å²) in [6, 6.07) is 10.7. The highest BCUT2D eigenvalue weighted by Crippen LogP contribution is 2.32. The molecule has 5 heteroatoms. The van der Waals surface area contributed by atoms with Gasteiger partial charge in [0.05, 0.1) is 30.6 Å². The van der Waals surface area contributed by atoms with Crippen LogP contribution in [-0.2, 0) is 11.3 Å². The fraction of sp³-hybridized carbons (Fsp3) is 0.188. The molecule has 21 heavy (non-hydrogen) atoms. The van der Waals surface area contributed by atoms with E-state index in [-0.39, 0.29) is 6.54 Å². The van der Waals surface area contributed by atoms with Crippen LogP contribution in [0, 0.1) is 6.92 Å². The first-order valence-electron chi connectivity index (χ1n) is 6.57. The van der Waals surface area contributed by atoms with Crippen LogP contribution in [0.5, 0.6) is 5.75 Å². The summed E-state index contributed by atoms with van der Waals surface area (Å²) < 4.78 is 5.10. The second-order valence-corrected chi connectivity index (χ2v) is 4.87. The van der Waals surface area contributed by atoms with Crippen LogP contribution in [0.3, 0.4) is 0 Å². The zero-order valence-corrected chi connectivity index (χ0v) is 11.8. The monoisotopic (exact) mass is 282 g/mol. The summed E-state index contributed by atoms with van der Waals surface area (Å²) in [5.41, 5.74) is 2.61. The van der Waals surface area contributed by atoms with Crippen molar-refractivity contribution in [3.05, 3.63) is 53.3 Å². The molecule has 2 aromatic rings. The lowest BCUT2D eigenvalue weighted by Crippen LogP contribution is -2.29. The third kappa shape index (κ3) is 2.27. The van der Waals surface area contributed by atoms with Crippen LogP contribution < -0.4 is 9.64 Å². The van der Waals surface area contributed by atoms with Gasteiger partial charge in [0, 0.05) is 5.69 Å². The second-order valence-electron chi connectivity index (χ2n) is 4.87. The number of benzene rings is 1. The lowest BCUT2D eigenvalue weighted by atomic mass is 10.1. The number of ether oxygens (including phenoxy) is 1. The Hall–Kier alpha value is -2.69. The zero-order valence-electron chi connectivity index (χ0n) is 11.8. The maximum absolute atomic E-state index is 12.2. The molecule has 106 valence electrons. The van der Waals surface area contributed by atoms with Gasteiger partial charge in [-0.15, -0.1) is 0 Å². The number of carbonyl (C=O) groups is 2. The molecule has 5 nitrogen and oxygen atoms in total. The average Bonchev–Trinajstić information content (AvgIpc) is 2.72. The Morgan fingerprint density at radius 3 is 2.71 bits per heavy atom. The number of aromatic nitrogens is 1. The smallest absolute Gasteiger partial charge is 0.299 e. The standard InChI is InChI=1S/C16H14N2O3/c1-10-4-3-5-11(17-10)9-18-14-7-6-12(21-2)8-13(14)15(19)16(18)20/h3-8H,9H2,1-2H3. The predicted octanol–water partition coefficient (Wildman–Crippen LogP) is 2.13. The number of pyridine rings is 1. The molecule has 1 aromatic heterocycles. The van der Waals surface area contributed by atoms with Crippen LogP contribution in [0.2, 0.25) is 0 Å². The number of amides is 1. The Morgan fingerprint density at radius 1 is 1.19 bits per heavy atom. The van der Waals surface area contributed by atoms with E-state index in [4.69, 9.17) is 4.74 Å². The van der Waals surface area contributed by atoms with Gasteiger partial charge in [0.1, 0.15) is 5.75 Å². The molecule has 0 saturated heterocycles. The van der Waals surface area contributed by atoms with Crippen molar-refractivity contribution in [2.24, 2.45) is 0 Å². The molecule has 0 atom stereocenters. The van der Waals surface area contributed by atoms with E-state index in [1.807, 2.05) is 25.1 Å². The number of fused-ring (bicyclic) bond motifs is 1. The number of aryl methyl sites for hydroxylation is 1. The van der Waals surface area contributed by atoms with Crippen molar-refractivity contribution in [2.75, 3.05) is 12.0 Å². The van der Waals surface area contributed by atoms with E-state index in [1.54, 1.807) is 18.2 Å². The fourth-order valence-electron chi connectivity index (χ4n) is 2.41. The molecule has 2 heterocycles. The summed E-state index contributed by atoms with van der Waals surface area (Å²) >= 11 is 0. The molecular formula is C16H14N2O3. The van der Waals surface area contributed by atoms with Crippen molar-refractivity contribution in [2.45, 2.75) is 13.5 Å². The third-order valence-corrected chi connectivity index (χ3v) is 3.44. The first-order chi connectivity index (χ1) is 10.1. The van der Waals surface area contributed by atoms with E-state index in [0.29, 0.717) is 17.0 Å². The normalized spacial score (nSPS) is 13.5. The highest BCUT2D eigenvalue weighted by Gasteiger charge is 2.36. The zero-order chi connectivity index (χ0) is 15.0. The molecule has 0 unspecified atom stereocenters. The Balaban J connectivity index is 1.98. The molecule has 0 N–H and O–H groups in total. The van der Waals surface area contributed by atoms with Crippen LogP contribution in [0.4, 0.5) is 5.69 Å². The Morgan fingerprint density at radius 2 is 2.00 bits per heavy atom. The minimum Gasteiger partial charge on any atom is -0.497 e. The summed E-state index contributed by atoms with van der Waals surface area (Å²) in [4.78, 5) is 30.1. The summed E-state index contributed by atoms with van der Waals surface area (Å²) in [5, 5.41) is 0. The van der Waals surface area contributed by atoms with Crippen molar-refractivity contribution in [3.63, 3.8) is 0 Å².